The number of anilines is 2. The first-order valence-corrected chi connectivity index (χ1v) is 7.18. The second kappa shape index (κ2) is 7.08. The summed E-state index contributed by atoms with van der Waals surface area (Å²) in [4.78, 5) is 0. The molecule has 0 bridgehead atoms. The molecule has 0 aromatic heterocycles. The molecule has 3 nitrogen and oxygen atoms in total. The normalized spacial score (nSPS) is 10.6. The maximum Gasteiger partial charge on any atom is 0.0607 e. The quantitative estimate of drug-likeness (QED) is 0.623. The largest absolute Gasteiger partial charge is 0.326 e. The fourth-order valence-electron chi connectivity index (χ4n) is 2.30. The molecule has 4 N–H and O–H groups in total. The lowest BCUT2D eigenvalue weighted by atomic mass is 10.1. The van der Waals surface area contributed by atoms with Crippen molar-refractivity contribution in [2.24, 2.45) is 11.6 Å². The van der Waals surface area contributed by atoms with Crippen LogP contribution in [0.2, 0.25) is 0 Å². The Morgan fingerprint density at radius 3 is 2.60 bits per heavy atom. The lowest BCUT2D eigenvalue weighted by Crippen LogP contribution is -2.26. The fourth-order valence-corrected chi connectivity index (χ4v) is 2.30. The minimum atomic E-state index is 0.527. The van der Waals surface area contributed by atoms with Crippen molar-refractivity contribution in [1.29, 1.82) is 0 Å². The molecule has 0 aliphatic carbocycles. The molecule has 0 saturated carbocycles. The molecule has 0 radical (unpaired) electrons. The number of rotatable bonds is 6. The first-order chi connectivity index (χ1) is 9.76. The van der Waals surface area contributed by atoms with Gasteiger partial charge >= 0.3 is 0 Å². The summed E-state index contributed by atoms with van der Waals surface area (Å²) < 4.78 is 0. The highest BCUT2D eigenvalue weighted by Gasteiger charge is 2.09. The van der Waals surface area contributed by atoms with E-state index in [2.05, 4.69) is 25.1 Å². The van der Waals surface area contributed by atoms with Crippen LogP contribution >= 0.6 is 0 Å². The van der Waals surface area contributed by atoms with Gasteiger partial charge in [0.05, 0.1) is 11.4 Å². The van der Waals surface area contributed by atoms with Crippen LogP contribution in [0.15, 0.2) is 48.5 Å². The molecule has 0 aliphatic rings. The Kier molecular flexibility index (Phi) is 5.16. The summed E-state index contributed by atoms with van der Waals surface area (Å²) in [6.07, 6.45) is 3.41. The van der Waals surface area contributed by atoms with Crippen LogP contribution in [0.4, 0.5) is 11.4 Å². The van der Waals surface area contributed by atoms with E-state index in [4.69, 9.17) is 11.6 Å². The molecule has 3 heteroatoms. The topological polar surface area (TPSA) is 55.3 Å². The molecule has 0 aliphatic heterocycles. The van der Waals surface area contributed by atoms with E-state index in [1.54, 1.807) is 5.01 Å². The molecular formula is C17H23N3. The highest BCUT2D eigenvalue weighted by Crippen LogP contribution is 2.27. The van der Waals surface area contributed by atoms with Crippen molar-refractivity contribution in [2.75, 3.05) is 5.01 Å². The van der Waals surface area contributed by atoms with Gasteiger partial charge in [0, 0.05) is 6.54 Å². The van der Waals surface area contributed by atoms with Crippen molar-refractivity contribution in [3.63, 3.8) is 0 Å². The molecule has 20 heavy (non-hydrogen) atoms. The smallest absolute Gasteiger partial charge is 0.0607 e. The van der Waals surface area contributed by atoms with Gasteiger partial charge < -0.3 is 5.73 Å². The lowest BCUT2D eigenvalue weighted by molar-refractivity contribution is 0.792. The number of hydrogen-bond acceptors (Lipinski definition) is 3. The van der Waals surface area contributed by atoms with E-state index in [0.29, 0.717) is 6.54 Å². The zero-order chi connectivity index (χ0) is 14.4. The second-order valence-electron chi connectivity index (χ2n) is 4.98. The number of hydrogen-bond donors (Lipinski definition) is 2. The molecule has 2 aromatic rings. The molecule has 0 fully saturated rings. The summed E-state index contributed by atoms with van der Waals surface area (Å²) in [6.45, 7) is 2.73. The summed E-state index contributed by atoms with van der Waals surface area (Å²) >= 11 is 0. The molecule has 2 rings (SSSR count). The van der Waals surface area contributed by atoms with Gasteiger partial charge in [0.15, 0.2) is 0 Å². The van der Waals surface area contributed by atoms with Crippen LogP contribution in [0.3, 0.4) is 0 Å². The molecule has 106 valence electrons. The molecular weight excluding hydrogens is 246 g/mol. The van der Waals surface area contributed by atoms with Crippen molar-refractivity contribution in [3.8, 4) is 0 Å². The molecule has 0 spiro atoms. The Labute approximate surface area is 121 Å². The van der Waals surface area contributed by atoms with Crippen LogP contribution in [0, 0.1) is 0 Å². The third kappa shape index (κ3) is 3.38. The first kappa shape index (κ1) is 14.6. The van der Waals surface area contributed by atoms with Crippen molar-refractivity contribution in [3.05, 3.63) is 59.7 Å². The summed E-state index contributed by atoms with van der Waals surface area (Å²) in [5, 5.41) is 1.75. The van der Waals surface area contributed by atoms with Gasteiger partial charge in [-0.25, -0.2) is 5.84 Å². The summed E-state index contributed by atoms with van der Waals surface area (Å²) in [5.74, 6) is 6.30. The van der Waals surface area contributed by atoms with Crippen molar-refractivity contribution >= 4 is 11.4 Å². The average molecular weight is 269 g/mol. The lowest BCUT2D eigenvalue weighted by Gasteiger charge is -2.22. The summed E-state index contributed by atoms with van der Waals surface area (Å²) in [7, 11) is 0. The molecule has 2 aromatic carbocycles. The third-order valence-corrected chi connectivity index (χ3v) is 3.48. The van der Waals surface area contributed by atoms with Gasteiger partial charge in [0.1, 0.15) is 0 Å². The van der Waals surface area contributed by atoms with Gasteiger partial charge in [-0.3, -0.25) is 5.01 Å². The van der Waals surface area contributed by atoms with Gasteiger partial charge in [-0.2, -0.15) is 0 Å². The number of aryl methyl sites for hydroxylation is 1. The zero-order valence-electron chi connectivity index (χ0n) is 12.0. The number of benzene rings is 2. The predicted octanol–water partition coefficient (Wildman–Crippen LogP) is 3.50. The Morgan fingerprint density at radius 1 is 1.05 bits per heavy atom. The molecule has 0 atom stereocenters. The van der Waals surface area contributed by atoms with Crippen LogP contribution in [-0.2, 0) is 13.0 Å². The highest BCUT2D eigenvalue weighted by atomic mass is 15.4. The molecule has 0 saturated heterocycles. The molecule has 0 unspecified atom stereocenters. The number of hydrazine groups is 1. The second-order valence-corrected chi connectivity index (χ2v) is 4.98. The van der Waals surface area contributed by atoms with Crippen molar-refractivity contribution < 1.29 is 0 Å². The number of para-hydroxylation sites is 1. The maximum atomic E-state index is 6.30. The maximum absolute atomic E-state index is 6.30. The molecule has 0 heterocycles. The Hall–Kier alpha value is -1.84. The number of nitrogens with zero attached hydrogens (tertiary/aromatic N) is 1. The number of unbranched alkanes of at least 4 members (excludes halogenated alkanes) is 1. The van der Waals surface area contributed by atoms with E-state index < -0.39 is 0 Å². The van der Waals surface area contributed by atoms with Crippen LogP contribution in [-0.4, -0.2) is 0 Å². The monoisotopic (exact) mass is 269 g/mol. The summed E-state index contributed by atoms with van der Waals surface area (Å²) in [6, 6.07) is 16.4. The Bertz CT molecular complexity index is 551. The highest BCUT2D eigenvalue weighted by molar-refractivity contribution is 5.65. The summed E-state index contributed by atoms with van der Waals surface area (Å²) in [5.41, 5.74) is 10.1. The van der Waals surface area contributed by atoms with Crippen LogP contribution in [0.1, 0.15) is 30.9 Å². The van der Waals surface area contributed by atoms with Gasteiger partial charge in [0.25, 0.3) is 0 Å². The van der Waals surface area contributed by atoms with Crippen molar-refractivity contribution in [2.45, 2.75) is 32.7 Å². The Balaban J connectivity index is 2.29. The van der Waals surface area contributed by atoms with Gasteiger partial charge in [0.2, 0.25) is 0 Å². The fraction of sp³-hybridized carbons (Fsp3) is 0.294. The Morgan fingerprint density at radius 2 is 1.85 bits per heavy atom. The van der Waals surface area contributed by atoms with Crippen molar-refractivity contribution in [1.82, 2.24) is 0 Å². The van der Waals surface area contributed by atoms with Gasteiger partial charge in [-0.1, -0.05) is 43.7 Å². The van der Waals surface area contributed by atoms with Crippen LogP contribution in [0.25, 0.3) is 0 Å². The van der Waals surface area contributed by atoms with E-state index in [1.165, 1.54) is 18.4 Å². The standard InChI is InChI=1S/C17H23N3/c1-2-3-8-15-9-4-5-11-17(15)20(19)16-10-6-7-14(12-16)13-18/h4-7,9-12H,2-3,8,13,18-19H2,1H3. The van der Waals surface area contributed by atoms with E-state index in [-0.39, 0.29) is 0 Å². The zero-order valence-corrected chi connectivity index (χ0v) is 12.0. The third-order valence-electron chi connectivity index (χ3n) is 3.48. The SMILES string of the molecule is CCCCc1ccccc1N(N)c1cccc(CN)c1. The predicted molar refractivity (Wildman–Crippen MR) is 85.7 cm³/mol. The van der Waals surface area contributed by atoms with Crippen LogP contribution < -0.4 is 16.6 Å². The van der Waals surface area contributed by atoms with Gasteiger partial charge in [-0.05, 0) is 42.2 Å². The van der Waals surface area contributed by atoms with E-state index in [1.807, 2.05) is 30.3 Å². The van der Waals surface area contributed by atoms with E-state index >= 15 is 0 Å². The average Bonchev–Trinajstić information content (AvgIpc) is 2.52. The minimum Gasteiger partial charge on any atom is -0.326 e. The van der Waals surface area contributed by atoms with E-state index in [0.717, 1.165) is 23.4 Å². The first-order valence-electron chi connectivity index (χ1n) is 7.18. The minimum absolute atomic E-state index is 0.527. The molecule has 0 amide bonds. The van der Waals surface area contributed by atoms with E-state index in [9.17, 15) is 0 Å². The number of nitrogens with two attached hydrogens (primary N) is 2. The van der Waals surface area contributed by atoms with Crippen LogP contribution in [0.5, 0.6) is 0 Å². The van der Waals surface area contributed by atoms with Gasteiger partial charge in [-0.15, -0.1) is 0 Å².